The first kappa shape index (κ1) is 21.1. The molecule has 1 heterocycles. The third kappa shape index (κ3) is 5.24. The lowest BCUT2D eigenvalue weighted by molar-refractivity contribution is -0.384. The Labute approximate surface area is 176 Å². The zero-order valence-corrected chi connectivity index (χ0v) is 16.6. The van der Waals surface area contributed by atoms with Gasteiger partial charge in [0.1, 0.15) is 6.61 Å². The number of thioether (sulfide) groups is 1. The number of allylic oxidation sites excluding steroid dienone is 1. The number of hydrogen-bond donors (Lipinski definition) is 1. The van der Waals surface area contributed by atoms with Crippen LogP contribution in [-0.2, 0) is 20.9 Å². The van der Waals surface area contributed by atoms with Gasteiger partial charge in [-0.3, -0.25) is 19.7 Å². The number of benzene rings is 2. The van der Waals surface area contributed by atoms with Crippen LogP contribution in [0.1, 0.15) is 23.5 Å². The van der Waals surface area contributed by atoms with E-state index in [2.05, 4.69) is 11.4 Å². The third-order valence-electron chi connectivity index (χ3n) is 4.44. The summed E-state index contributed by atoms with van der Waals surface area (Å²) in [6.45, 7) is 0.141. The second-order valence-corrected chi connectivity index (χ2v) is 7.43. The molecule has 0 fully saturated rings. The van der Waals surface area contributed by atoms with E-state index in [4.69, 9.17) is 4.74 Å². The van der Waals surface area contributed by atoms with E-state index < -0.39 is 16.8 Å². The van der Waals surface area contributed by atoms with Gasteiger partial charge in [-0.05, 0) is 11.1 Å². The summed E-state index contributed by atoms with van der Waals surface area (Å²) in [5.41, 5.74) is 1.72. The van der Waals surface area contributed by atoms with Crippen LogP contribution in [0.15, 0.2) is 65.2 Å². The van der Waals surface area contributed by atoms with Crippen LogP contribution in [0, 0.1) is 21.4 Å². The van der Waals surface area contributed by atoms with E-state index >= 15 is 0 Å². The topological polar surface area (TPSA) is 122 Å². The van der Waals surface area contributed by atoms with Crippen molar-refractivity contribution in [2.24, 2.45) is 0 Å². The second-order valence-electron chi connectivity index (χ2n) is 6.44. The number of nitrogens with one attached hydrogen (secondary N) is 1. The maximum atomic E-state index is 12.2. The summed E-state index contributed by atoms with van der Waals surface area (Å²) in [4.78, 5) is 34.5. The highest BCUT2D eigenvalue weighted by molar-refractivity contribution is 8.03. The van der Waals surface area contributed by atoms with Crippen LogP contribution in [0.4, 0.5) is 5.69 Å². The number of amides is 1. The summed E-state index contributed by atoms with van der Waals surface area (Å²) < 4.78 is 5.22. The van der Waals surface area contributed by atoms with Gasteiger partial charge in [0, 0.05) is 24.5 Å². The highest BCUT2D eigenvalue weighted by atomic mass is 32.2. The summed E-state index contributed by atoms with van der Waals surface area (Å²) in [5, 5.41) is 23.4. The fourth-order valence-electron chi connectivity index (χ4n) is 2.96. The Bertz CT molecular complexity index is 1030. The number of ether oxygens (including phenoxy) is 1. The number of carbonyl (C=O) groups excluding carboxylic acids is 2. The predicted molar refractivity (Wildman–Crippen MR) is 110 cm³/mol. The molecule has 1 unspecified atom stereocenters. The fraction of sp³-hybridized carbons (Fsp3) is 0.190. The lowest BCUT2D eigenvalue weighted by atomic mass is 9.87. The molecule has 0 spiro atoms. The zero-order chi connectivity index (χ0) is 21.5. The lowest BCUT2D eigenvalue weighted by Crippen LogP contribution is -2.31. The largest absolute Gasteiger partial charge is 0.460 e. The molecule has 30 heavy (non-hydrogen) atoms. The van der Waals surface area contributed by atoms with Crippen molar-refractivity contribution in [3.63, 3.8) is 0 Å². The van der Waals surface area contributed by atoms with Gasteiger partial charge in [0.15, 0.2) is 0 Å². The highest BCUT2D eigenvalue weighted by Crippen LogP contribution is 2.36. The van der Waals surface area contributed by atoms with Gasteiger partial charge in [0.25, 0.3) is 5.69 Å². The van der Waals surface area contributed by atoms with E-state index in [9.17, 15) is 25.0 Å². The maximum absolute atomic E-state index is 12.2. The van der Waals surface area contributed by atoms with E-state index in [0.29, 0.717) is 16.2 Å². The molecule has 0 aromatic heterocycles. The Hall–Kier alpha value is -3.64. The first-order valence-corrected chi connectivity index (χ1v) is 9.97. The number of non-ortho nitro benzene ring substituents is 1. The molecule has 0 saturated carbocycles. The minimum absolute atomic E-state index is 0.0449. The van der Waals surface area contributed by atoms with Gasteiger partial charge in [-0.1, -0.05) is 54.2 Å². The number of esters is 1. The van der Waals surface area contributed by atoms with Crippen LogP contribution >= 0.6 is 11.8 Å². The van der Waals surface area contributed by atoms with Crippen molar-refractivity contribution in [1.29, 1.82) is 5.26 Å². The Morgan fingerprint density at radius 1 is 1.23 bits per heavy atom. The smallest absolute Gasteiger partial charge is 0.316 e. The van der Waals surface area contributed by atoms with Crippen molar-refractivity contribution in [1.82, 2.24) is 5.32 Å². The van der Waals surface area contributed by atoms with Gasteiger partial charge in [0.2, 0.25) is 5.91 Å². The van der Waals surface area contributed by atoms with Crippen LogP contribution in [0.5, 0.6) is 0 Å². The number of nitro groups is 1. The van der Waals surface area contributed by atoms with Crippen molar-refractivity contribution >= 4 is 29.3 Å². The van der Waals surface area contributed by atoms with Gasteiger partial charge in [0.05, 0.1) is 27.3 Å². The van der Waals surface area contributed by atoms with E-state index in [0.717, 1.165) is 17.3 Å². The van der Waals surface area contributed by atoms with Gasteiger partial charge in [-0.25, -0.2) is 0 Å². The van der Waals surface area contributed by atoms with Crippen LogP contribution in [-0.4, -0.2) is 22.6 Å². The molecule has 0 radical (unpaired) electrons. The molecule has 1 N–H and O–H groups in total. The molecule has 0 aliphatic carbocycles. The van der Waals surface area contributed by atoms with Gasteiger partial charge in [-0.15, -0.1) is 0 Å². The van der Waals surface area contributed by atoms with Crippen molar-refractivity contribution in [2.45, 2.75) is 18.9 Å². The van der Waals surface area contributed by atoms with Gasteiger partial charge < -0.3 is 10.1 Å². The molecule has 2 aromatic rings. The summed E-state index contributed by atoms with van der Waals surface area (Å²) in [6, 6.07) is 17.1. The molecule has 1 amide bonds. The summed E-state index contributed by atoms with van der Waals surface area (Å²) in [6.07, 6.45) is 0.0449. The number of nitriles is 1. The maximum Gasteiger partial charge on any atom is 0.316 e. The van der Waals surface area contributed by atoms with E-state index in [1.165, 1.54) is 24.3 Å². The van der Waals surface area contributed by atoms with Crippen molar-refractivity contribution in [3.8, 4) is 6.07 Å². The Morgan fingerprint density at radius 3 is 2.57 bits per heavy atom. The SMILES string of the molecule is N#CC1=C(SCC(=O)OCc2ccccc2)NC(=O)CC1c1ccc([N+](=O)[O-])cc1. The minimum Gasteiger partial charge on any atom is -0.460 e. The molecule has 152 valence electrons. The Kier molecular flexibility index (Phi) is 6.83. The fourth-order valence-corrected chi connectivity index (χ4v) is 3.83. The Balaban J connectivity index is 1.70. The molecule has 1 aliphatic heterocycles. The van der Waals surface area contributed by atoms with Crippen LogP contribution in [0.25, 0.3) is 0 Å². The molecule has 0 saturated heterocycles. The molecule has 9 heteroatoms. The van der Waals surface area contributed by atoms with Crippen molar-refractivity contribution < 1.29 is 19.2 Å². The molecular weight excluding hydrogens is 406 g/mol. The summed E-state index contributed by atoms with van der Waals surface area (Å²) in [5.74, 6) is -1.37. The van der Waals surface area contributed by atoms with E-state index in [-0.39, 0.29) is 30.4 Å². The van der Waals surface area contributed by atoms with E-state index in [1.807, 2.05) is 30.3 Å². The summed E-state index contributed by atoms with van der Waals surface area (Å²) >= 11 is 1.03. The first-order chi connectivity index (χ1) is 14.5. The van der Waals surface area contributed by atoms with Crippen molar-refractivity contribution in [2.75, 3.05) is 5.75 Å². The molecule has 8 nitrogen and oxygen atoms in total. The predicted octanol–water partition coefficient (Wildman–Crippen LogP) is 3.41. The number of nitrogens with zero attached hydrogens (tertiary/aromatic N) is 2. The Morgan fingerprint density at radius 2 is 1.93 bits per heavy atom. The van der Waals surface area contributed by atoms with E-state index in [1.54, 1.807) is 0 Å². The standard InChI is InChI=1S/C21H17N3O5S/c22-11-18-17(15-6-8-16(9-7-15)24(27)28)10-19(25)23-21(18)30-13-20(26)29-12-14-4-2-1-3-5-14/h1-9,17H,10,12-13H2,(H,23,25). The van der Waals surface area contributed by atoms with Crippen molar-refractivity contribution in [3.05, 3.63) is 86.4 Å². The minimum atomic E-state index is -0.535. The second kappa shape index (κ2) is 9.71. The lowest BCUT2D eigenvalue weighted by Gasteiger charge is -2.24. The monoisotopic (exact) mass is 423 g/mol. The molecular formula is C21H17N3O5S. The normalized spacial score (nSPS) is 15.8. The molecule has 0 bridgehead atoms. The third-order valence-corrected chi connectivity index (χ3v) is 5.43. The zero-order valence-electron chi connectivity index (χ0n) is 15.7. The number of carbonyl (C=O) groups is 2. The van der Waals surface area contributed by atoms with Gasteiger partial charge in [-0.2, -0.15) is 5.26 Å². The number of nitro benzene ring substituents is 1. The van der Waals surface area contributed by atoms with Crippen LogP contribution < -0.4 is 5.32 Å². The molecule has 3 rings (SSSR count). The van der Waals surface area contributed by atoms with Crippen LogP contribution in [0.2, 0.25) is 0 Å². The van der Waals surface area contributed by atoms with Crippen LogP contribution in [0.3, 0.4) is 0 Å². The molecule has 1 aliphatic rings. The average molecular weight is 423 g/mol. The summed E-state index contributed by atoms with van der Waals surface area (Å²) in [7, 11) is 0. The average Bonchev–Trinajstić information content (AvgIpc) is 2.76. The highest BCUT2D eigenvalue weighted by Gasteiger charge is 2.30. The quantitative estimate of drug-likeness (QED) is 0.411. The number of hydrogen-bond acceptors (Lipinski definition) is 7. The van der Waals surface area contributed by atoms with Gasteiger partial charge >= 0.3 is 5.97 Å². The molecule has 2 aromatic carbocycles. The first-order valence-electron chi connectivity index (χ1n) is 8.98. The number of rotatable bonds is 7. The molecule has 1 atom stereocenters.